The first-order valence-electron chi connectivity index (χ1n) is 8.58. The van der Waals surface area contributed by atoms with Gasteiger partial charge < -0.3 is 10.1 Å². The van der Waals surface area contributed by atoms with Crippen LogP contribution < -0.4 is 5.32 Å². The molecular formula is C20H21NO5S. The quantitative estimate of drug-likeness (QED) is 0.643. The number of esters is 1. The second kappa shape index (κ2) is 7.15. The molecule has 0 bridgehead atoms. The molecule has 1 atom stereocenters. The number of anilines is 1. The van der Waals surface area contributed by atoms with E-state index in [-0.39, 0.29) is 15.4 Å². The summed E-state index contributed by atoms with van der Waals surface area (Å²) in [6, 6.07) is 9.32. The molecule has 2 aromatic rings. The highest BCUT2D eigenvalue weighted by Crippen LogP contribution is 2.30. The fourth-order valence-corrected chi connectivity index (χ4v) is 4.47. The molecule has 1 aliphatic heterocycles. The van der Waals surface area contributed by atoms with Crippen molar-refractivity contribution in [3.63, 3.8) is 0 Å². The molecule has 142 valence electrons. The molecule has 1 heterocycles. The van der Waals surface area contributed by atoms with Gasteiger partial charge >= 0.3 is 5.97 Å². The summed E-state index contributed by atoms with van der Waals surface area (Å²) < 4.78 is 30.8. The molecular weight excluding hydrogens is 366 g/mol. The maximum absolute atomic E-state index is 13.0. The molecule has 0 amide bonds. The Hall–Kier alpha value is -2.67. The van der Waals surface area contributed by atoms with Crippen molar-refractivity contribution < 1.29 is 22.7 Å². The predicted octanol–water partition coefficient (Wildman–Crippen LogP) is 2.92. The number of fused-ring (bicyclic) bond motifs is 1. The smallest absolute Gasteiger partial charge is 0.316 e. The fourth-order valence-electron chi connectivity index (χ4n) is 3.10. The van der Waals surface area contributed by atoms with Crippen LogP contribution in [0.15, 0.2) is 46.2 Å². The Balaban J connectivity index is 2.08. The Labute approximate surface area is 158 Å². The van der Waals surface area contributed by atoms with E-state index in [1.165, 1.54) is 19.2 Å². The number of aryl methyl sites for hydroxylation is 2. The number of ether oxygens (including phenoxy) is 1. The minimum absolute atomic E-state index is 0.0187. The van der Waals surface area contributed by atoms with Crippen LogP contribution in [0.2, 0.25) is 0 Å². The Morgan fingerprint density at radius 3 is 2.41 bits per heavy atom. The summed E-state index contributed by atoms with van der Waals surface area (Å²) in [5.74, 6) is -1.99. The standard InChI is InChI=1S/C20H21NO5S/c1-12-4-5-14(10-13(12)2)27(24,25)15-6-7-18-17(11-15)19(22)16(8-9-21-18)20(23)26-3/h4-7,10-11,16,21H,8-9H2,1-3H3. The number of carbonyl (C=O) groups excluding carboxylic acids is 2. The molecule has 0 radical (unpaired) electrons. The lowest BCUT2D eigenvalue weighted by Gasteiger charge is -2.12. The van der Waals surface area contributed by atoms with Gasteiger partial charge in [-0.25, -0.2) is 8.42 Å². The summed E-state index contributed by atoms with van der Waals surface area (Å²) in [4.78, 5) is 24.9. The number of methoxy groups -OCH3 is 1. The molecule has 7 heteroatoms. The van der Waals surface area contributed by atoms with E-state index in [0.717, 1.165) is 11.1 Å². The number of rotatable bonds is 3. The third-order valence-corrected chi connectivity index (χ3v) is 6.66. The lowest BCUT2D eigenvalue weighted by Crippen LogP contribution is -2.25. The monoisotopic (exact) mass is 387 g/mol. The number of carbonyl (C=O) groups is 2. The van der Waals surface area contributed by atoms with E-state index in [0.29, 0.717) is 18.7 Å². The van der Waals surface area contributed by atoms with Gasteiger partial charge in [-0.2, -0.15) is 0 Å². The second-order valence-electron chi connectivity index (χ2n) is 6.61. The zero-order valence-corrected chi connectivity index (χ0v) is 16.2. The van der Waals surface area contributed by atoms with Crippen molar-refractivity contribution in [1.82, 2.24) is 0 Å². The van der Waals surface area contributed by atoms with Crippen molar-refractivity contribution in [3.05, 3.63) is 53.1 Å². The van der Waals surface area contributed by atoms with E-state index < -0.39 is 27.5 Å². The summed E-state index contributed by atoms with van der Waals surface area (Å²) in [5, 5.41) is 3.08. The van der Waals surface area contributed by atoms with Gasteiger partial charge in [-0.1, -0.05) is 6.07 Å². The highest BCUT2D eigenvalue weighted by atomic mass is 32.2. The third kappa shape index (κ3) is 3.47. The van der Waals surface area contributed by atoms with Crippen molar-refractivity contribution in [2.24, 2.45) is 5.92 Å². The normalized spacial score (nSPS) is 16.9. The second-order valence-corrected chi connectivity index (χ2v) is 8.56. The molecule has 0 aliphatic carbocycles. The summed E-state index contributed by atoms with van der Waals surface area (Å²) in [6.07, 6.45) is 0.291. The molecule has 1 N–H and O–H groups in total. The number of sulfone groups is 1. The Bertz CT molecular complexity index is 1030. The minimum atomic E-state index is -3.79. The van der Waals surface area contributed by atoms with Crippen molar-refractivity contribution in [2.75, 3.05) is 19.0 Å². The maximum atomic E-state index is 13.0. The lowest BCUT2D eigenvalue weighted by atomic mass is 9.95. The molecule has 0 saturated carbocycles. The van der Waals surface area contributed by atoms with E-state index in [2.05, 4.69) is 5.32 Å². The summed E-state index contributed by atoms with van der Waals surface area (Å²) in [6.45, 7) is 4.17. The van der Waals surface area contributed by atoms with Crippen molar-refractivity contribution in [3.8, 4) is 0 Å². The van der Waals surface area contributed by atoms with Crippen LogP contribution in [0.1, 0.15) is 27.9 Å². The Morgan fingerprint density at radius 2 is 1.74 bits per heavy atom. The van der Waals surface area contributed by atoms with Crippen molar-refractivity contribution in [2.45, 2.75) is 30.1 Å². The molecule has 0 saturated heterocycles. The highest BCUT2D eigenvalue weighted by Gasteiger charge is 2.33. The molecule has 0 fully saturated rings. The lowest BCUT2D eigenvalue weighted by molar-refractivity contribution is -0.143. The van der Waals surface area contributed by atoms with Crippen LogP contribution in [0.3, 0.4) is 0 Å². The van der Waals surface area contributed by atoms with E-state index in [9.17, 15) is 18.0 Å². The molecule has 1 unspecified atom stereocenters. The first-order valence-corrected chi connectivity index (χ1v) is 10.1. The van der Waals surface area contributed by atoms with Crippen LogP contribution in [-0.4, -0.2) is 33.8 Å². The molecule has 0 aromatic heterocycles. The van der Waals surface area contributed by atoms with E-state index in [4.69, 9.17) is 4.74 Å². The van der Waals surface area contributed by atoms with Gasteiger partial charge in [0.15, 0.2) is 5.78 Å². The summed E-state index contributed by atoms with van der Waals surface area (Å²) in [7, 11) is -2.55. The van der Waals surface area contributed by atoms with Gasteiger partial charge in [0.05, 0.1) is 16.9 Å². The van der Waals surface area contributed by atoms with Gasteiger partial charge in [-0.05, 0) is 61.7 Å². The van der Waals surface area contributed by atoms with E-state index in [1.54, 1.807) is 24.3 Å². The first-order chi connectivity index (χ1) is 12.8. The van der Waals surface area contributed by atoms with Crippen molar-refractivity contribution in [1.29, 1.82) is 0 Å². The van der Waals surface area contributed by atoms with Gasteiger partial charge in [0.25, 0.3) is 0 Å². The maximum Gasteiger partial charge on any atom is 0.316 e. The average Bonchev–Trinajstić information content (AvgIpc) is 2.82. The van der Waals surface area contributed by atoms with E-state index >= 15 is 0 Å². The number of Topliss-reactive ketones (excluding diaryl/α,β-unsaturated/α-hetero) is 1. The molecule has 2 aromatic carbocycles. The van der Waals surface area contributed by atoms with Crippen LogP contribution in [0.4, 0.5) is 5.69 Å². The molecule has 0 spiro atoms. The zero-order valence-electron chi connectivity index (χ0n) is 15.4. The molecule has 3 rings (SSSR count). The Morgan fingerprint density at radius 1 is 1.07 bits per heavy atom. The van der Waals surface area contributed by atoms with Gasteiger partial charge in [-0.15, -0.1) is 0 Å². The number of benzene rings is 2. The van der Waals surface area contributed by atoms with E-state index in [1.807, 2.05) is 13.8 Å². The topological polar surface area (TPSA) is 89.5 Å². The minimum Gasteiger partial charge on any atom is -0.468 e. The first kappa shape index (κ1) is 19.1. The van der Waals surface area contributed by atoms with Gasteiger partial charge in [-0.3, -0.25) is 9.59 Å². The largest absolute Gasteiger partial charge is 0.468 e. The number of ketones is 1. The van der Waals surface area contributed by atoms with Gasteiger partial charge in [0.2, 0.25) is 9.84 Å². The predicted molar refractivity (Wildman–Crippen MR) is 101 cm³/mol. The molecule has 27 heavy (non-hydrogen) atoms. The fraction of sp³-hybridized carbons (Fsp3) is 0.300. The zero-order chi connectivity index (χ0) is 19.8. The summed E-state index contributed by atoms with van der Waals surface area (Å²) in [5.41, 5.74) is 2.57. The third-order valence-electron chi connectivity index (χ3n) is 4.91. The average molecular weight is 387 g/mol. The van der Waals surface area contributed by atoms with Crippen molar-refractivity contribution >= 4 is 27.3 Å². The SMILES string of the molecule is COC(=O)C1CCNc2ccc(S(=O)(=O)c3ccc(C)c(C)c3)cc2C1=O. The van der Waals surface area contributed by atoms with Gasteiger partial charge in [0, 0.05) is 17.8 Å². The number of nitrogens with one attached hydrogen (secondary N) is 1. The van der Waals surface area contributed by atoms with Crippen LogP contribution in [0.5, 0.6) is 0 Å². The van der Waals surface area contributed by atoms with Crippen LogP contribution in [0.25, 0.3) is 0 Å². The van der Waals surface area contributed by atoms with Crippen LogP contribution >= 0.6 is 0 Å². The Kier molecular flexibility index (Phi) is 5.06. The summed E-state index contributed by atoms with van der Waals surface area (Å²) >= 11 is 0. The number of hydrogen-bond donors (Lipinski definition) is 1. The highest BCUT2D eigenvalue weighted by molar-refractivity contribution is 7.91. The molecule has 6 nitrogen and oxygen atoms in total. The van der Waals surface area contributed by atoms with Crippen LogP contribution in [0, 0.1) is 19.8 Å². The van der Waals surface area contributed by atoms with Gasteiger partial charge in [0.1, 0.15) is 5.92 Å². The van der Waals surface area contributed by atoms with Crippen LogP contribution in [-0.2, 0) is 19.4 Å². The molecule has 1 aliphatic rings. The number of hydrogen-bond acceptors (Lipinski definition) is 6.